The van der Waals surface area contributed by atoms with Gasteiger partial charge in [0.25, 0.3) is 0 Å². The number of hydrogen-bond donors (Lipinski definition) is 1. The molecule has 2 heteroatoms. The van der Waals surface area contributed by atoms with Gasteiger partial charge in [-0.1, -0.05) is 38.1 Å². The highest BCUT2D eigenvalue weighted by molar-refractivity contribution is 5.34. The third kappa shape index (κ3) is 2.65. The fraction of sp³-hybridized carbons (Fsp3) is 0.375. The molecule has 96 valence electrons. The highest BCUT2D eigenvalue weighted by Crippen LogP contribution is 2.26. The first-order valence-corrected chi connectivity index (χ1v) is 6.63. The molecule has 0 aliphatic heterocycles. The van der Waals surface area contributed by atoms with E-state index in [9.17, 15) is 0 Å². The first-order chi connectivity index (χ1) is 8.76. The summed E-state index contributed by atoms with van der Waals surface area (Å²) in [5.74, 6) is 2.05. The minimum atomic E-state index is 0.150. The van der Waals surface area contributed by atoms with Crippen LogP contribution in [0.1, 0.15) is 42.5 Å². The summed E-state index contributed by atoms with van der Waals surface area (Å²) in [7, 11) is 0. The van der Waals surface area contributed by atoms with Gasteiger partial charge in [-0.25, -0.2) is 0 Å². The molecule has 0 saturated heterocycles. The van der Waals surface area contributed by atoms with Crippen molar-refractivity contribution in [2.75, 3.05) is 6.54 Å². The fourth-order valence-electron chi connectivity index (χ4n) is 2.22. The van der Waals surface area contributed by atoms with Gasteiger partial charge in [-0.05, 0) is 36.7 Å². The van der Waals surface area contributed by atoms with Crippen LogP contribution < -0.4 is 5.32 Å². The van der Waals surface area contributed by atoms with Gasteiger partial charge in [-0.2, -0.15) is 0 Å². The molecule has 0 radical (unpaired) electrons. The Morgan fingerprint density at radius 2 is 1.89 bits per heavy atom. The highest BCUT2D eigenvalue weighted by atomic mass is 16.3. The summed E-state index contributed by atoms with van der Waals surface area (Å²) in [4.78, 5) is 0. The van der Waals surface area contributed by atoms with Crippen LogP contribution in [0.4, 0.5) is 0 Å². The maximum atomic E-state index is 5.89. The zero-order valence-electron chi connectivity index (χ0n) is 11.4. The van der Waals surface area contributed by atoms with Crippen LogP contribution in [0.3, 0.4) is 0 Å². The van der Waals surface area contributed by atoms with Gasteiger partial charge in [0, 0.05) is 6.42 Å². The quantitative estimate of drug-likeness (QED) is 0.863. The monoisotopic (exact) mass is 243 g/mol. The smallest absolute Gasteiger partial charge is 0.125 e. The summed E-state index contributed by atoms with van der Waals surface area (Å²) in [5, 5.41) is 3.50. The van der Waals surface area contributed by atoms with Crippen LogP contribution in [0, 0.1) is 6.92 Å². The lowest BCUT2D eigenvalue weighted by Gasteiger charge is -2.18. The van der Waals surface area contributed by atoms with Crippen molar-refractivity contribution in [3.63, 3.8) is 0 Å². The Kier molecular flexibility index (Phi) is 4.21. The number of furan rings is 1. The third-order valence-corrected chi connectivity index (χ3v) is 3.22. The molecule has 0 amide bonds. The van der Waals surface area contributed by atoms with E-state index in [0.29, 0.717) is 0 Å². The van der Waals surface area contributed by atoms with Crippen molar-refractivity contribution in [1.29, 1.82) is 0 Å². The lowest BCUT2D eigenvalue weighted by atomic mass is 9.99. The Morgan fingerprint density at radius 3 is 2.50 bits per heavy atom. The lowest BCUT2D eigenvalue weighted by Crippen LogP contribution is -2.22. The van der Waals surface area contributed by atoms with Crippen LogP contribution in [0.15, 0.2) is 40.8 Å². The Labute approximate surface area is 109 Å². The average molecular weight is 243 g/mol. The molecule has 2 nitrogen and oxygen atoms in total. The van der Waals surface area contributed by atoms with Crippen molar-refractivity contribution in [3.05, 3.63) is 59.0 Å². The zero-order chi connectivity index (χ0) is 13.0. The van der Waals surface area contributed by atoms with Crippen LogP contribution in [0.25, 0.3) is 0 Å². The molecule has 1 unspecified atom stereocenters. The minimum Gasteiger partial charge on any atom is -0.464 e. The van der Waals surface area contributed by atoms with E-state index in [0.717, 1.165) is 24.5 Å². The summed E-state index contributed by atoms with van der Waals surface area (Å²) in [6.07, 6.45) is 0.937. The first-order valence-electron chi connectivity index (χ1n) is 6.63. The van der Waals surface area contributed by atoms with Gasteiger partial charge in [0.15, 0.2) is 0 Å². The summed E-state index contributed by atoms with van der Waals surface area (Å²) in [6, 6.07) is 12.8. The number of nitrogens with one attached hydrogen (secondary N) is 1. The molecule has 0 aliphatic rings. The van der Waals surface area contributed by atoms with Crippen molar-refractivity contribution in [2.24, 2.45) is 0 Å². The molecule has 1 atom stereocenters. The van der Waals surface area contributed by atoms with E-state index >= 15 is 0 Å². The van der Waals surface area contributed by atoms with E-state index in [2.05, 4.69) is 62.5 Å². The van der Waals surface area contributed by atoms with E-state index in [1.54, 1.807) is 0 Å². The molecule has 2 aromatic rings. The second-order valence-electron chi connectivity index (χ2n) is 4.50. The van der Waals surface area contributed by atoms with Crippen LogP contribution >= 0.6 is 0 Å². The Hall–Kier alpha value is -1.54. The summed E-state index contributed by atoms with van der Waals surface area (Å²) in [5.41, 5.74) is 2.58. The van der Waals surface area contributed by atoms with Crippen LogP contribution in [-0.4, -0.2) is 6.54 Å². The minimum absolute atomic E-state index is 0.150. The van der Waals surface area contributed by atoms with Gasteiger partial charge in [-0.3, -0.25) is 0 Å². The number of benzene rings is 1. The second-order valence-corrected chi connectivity index (χ2v) is 4.50. The van der Waals surface area contributed by atoms with Crippen molar-refractivity contribution in [1.82, 2.24) is 5.32 Å². The molecule has 18 heavy (non-hydrogen) atoms. The van der Waals surface area contributed by atoms with E-state index in [1.807, 2.05) is 0 Å². The maximum Gasteiger partial charge on any atom is 0.125 e. The standard InChI is InChI=1S/C16H21NO/c1-4-13-10-11-15(18-13)16(17-5-2)14-9-7-6-8-12(14)3/h6-11,16-17H,4-5H2,1-3H3. The molecular formula is C16H21NO. The molecule has 0 bridgehead atoms. The molecular weight excluding hydrogens is 222 g/mol. The number of rotatable bonds is 5. The van der Waals surface area contributed by atoms with Crippen molar-refractivity contribution in [2.45, 2.75) is 33.2 Å². The lowest BCUT2D eigenvalue weighted by molar-refractivity contribution is 0.425. The van der Waals surface area contributed by atoms with Gasteiger partial charge in [-0.15, -0.1) is 0 Å². The maximum absolute atomic E-state index is 5.89. The van der Waals surface area contributed by atoms with E-state index in [-0.39, 0.29) is 6.04 Å². The van der Waals surface area contributed by atoms with Crippen molar-refractivity contribution >= 4 is 0 Å². The van der Waals surface area contributed by atoms with E-state index in [4.69, 9.17) is 4.42 Å². The largest absolute Gasteiger partial charge is 0.464 e. The first kappa shape index (κ1) is 12.9. The topological polar surface area (TPSA) is 25.2 Å². The number of hydrogen-bond acceptors (Lipinski definition) is 2. The van der Waals surface area contributed by atoms with Gasteiger partial charge in [0.2, 0.25) is 0 Å². The summed E-state index contributed by atoms with van der Waals surface area (Å²) >= 11 is 0. The Bertz CT molecular complexity index is 501. The number of aryl methyl sites for hydroxylation is 2. The molecule has 0 spiro atoms. The SMILES string of the molecule is CCNC(c1ccc(CC)o1)c1ccccc1C. The second kappa shape index (κ2) is 5.87. The molecule has 1 N–H and O–H groups in total. The van der Waals surface area contributed by atoms with Crippen molar-refractivity contribution < 1.29 is 4.42 Å². The molecule has 0 saturated carbocycles. The molecule has 1 aromatic heterocycles. The molecule has 1 aromatic carbocycles. The Balaban J connectivity index is 2.36. The van der Waals surface area contributed by atoms with E-state index < -0.39 is 0 Å². The average Bonchev–Trinajstić information content (AvgIpc) is 2.85. The van der Waals surface area contributed by atoms with E-state index in [1.165, 1.54) is 11.1 Å². The van der Waals surface area contributed by atoms with Gasteiger partial charge in [0.1, 0.15) is 11.5 Å². The van der Waals surface area contributed by atoms with Crippen LogP contribution in [0.2, 0.25) is 0 Å². The highest BCUT2D eigenvalue weighted by Gasteiger charge is 2.18. The van der Waals surface area contributed by atoms with Gasteiger partial charge < -0.3 is 9.73 Å². The molecule has 1 heterocycles. The van der Waals surface area contributed by atoms with Crippen molar-refractivity contribution in [3.8, 4) is 0 Å². The predicted octanol–water partition coefficient (Wildman–Crippen LogP) is 3.85. The molecule has 0 aliphatic carbocycles. The van der Waals surface area contributed by atoms with Crippen LogP contribution in [0.5, 0.6) is 0 Å². The van der Waals surface area contributed by atoms with Gasteiger partial charge >= 0.3 is 0 Å². The Morgan fingerprint density at radius 1 is 1.11 bits per heavy atom. The third-order valence-electron chi connectivity index (χ3n) is 3.22. The van der Waals surface area contributed by atoms with Crippen LogP contribution in [-0.2, 0) is 6.42 Å². The zero-order valence-corrected chi connectivity index (χ0v) is 11.4. The van der Waals surface area contributed by atoms with Gasteiger partial charge in [0.05, 0.1) is 6.04 Å². The summed E-state index contributed by atoms with van der Waals surface area (Å²) < 4.78 is 5.89. The molecule has 2 rings (SSSR count). The predicted molar refractivity (Wildman–Crippen MR) is 74.8 cm³/mol. The molecule has 0 fully saturated rings. The normalized spacial score (nSPS) is 12.6. The summed E-state index contributed by atoms with van der Waals surface area (Å²) in [6.45, 7) is 7.29. The fourth-order valence-corrected chi connectivity index (χ4v) is 2.22.